The van der Waals surface area contributed by atoms with Crippen LogP contribution in [0.1, 0.15) is 6.42 Å². The van der Waals surface area contributed by atoms with Crippen LogP contribution in [0.3, 0.4) is 0 Å². The molecule has 1 rings (SSSR count). The molecule has 0 radical (unpaired) electrons. The van der Waals surface area contributed by atoms with Crippen molar-refractivity contribution in [2.75, 3.05) is 12.4 Å². The van der Waals surface area contributed by atoms with Gasteiger partial charge in [0.15, 0.2) is 6.61 Å². The van der Waals surface area contributed by atoms with E-state index in [1.54, 1.807) is 17.4 Å². The SMILES string of the molecule is NC(=O)NC(=O)COC(=O)CCSc1ccc(Cl)cc1. The summed E-state index contributed by atoms with van der Waals surface area (Å²) in [6, 6.07) is 6.23. The lowest BCUT2D eigenvalue weighted by Gasteiger charge is -2.04. The number of primary amides is 1. The fourth-order valence-electron chi connectivity index (χ4n) is 1.17. The van der Waals surface area contributed by atoms with Gasteiger partial charge in [-0.1, -0.05) is 11.6 Å². The van der Waals surface area contributed by atoms with Gasteiger partial charge in [0.1, 0.15) is 0 Å². The maximum Gasteiger partial charge on any atom is 0.318 e. The van der Waals surface area contributed by atoms with Crippen LogP contribution in [0.4, 0.5) is 4.79 Å². The van der Waals surface area contributed by atoms with E-state index in [1.807, 2.05) is 12.1 Å². The predicted octanol–water partition coefficient (Wildman–Crippen LogP) is 1.56. The second-order valence-corrected chi connectivity index (χ2v) is 5.23. The van der Waals surface area contributed by atoms with Crippen LogP contribution >= 0.6 is 23.4 Å². The van der Waals surface area contributed by atoms with Crippen LogP contribution in [-0.4, -0.2) is 30.3 Å². The molecule has 0 fully saturated rings. The Hall–Kier alpha value is -1.73. The average Bonchev–Trinajstić information content (AvgIpc) is 2.38. The standard InChI is InChI=1S/C12H13ClN2O4S/c13-8-1-3-9(4-2-8)20-6-5-11(17)19-7-10(16)15-12(14)18/h1-4H,5-7H2,(H3,14,15,16,18). The van der Waals surface area contributed by atoms with Gasteiger partial charge in [0.2, 0.25) is 0 Å². The zero-order valence-corrected chi connectivity index (χ0v) is 12.0. The number of nitrogens with one attached hydrogen (secondary N) is 1. The number of hydrogen-bond donors (Lipinski definition) is 2. The van der Waals surface area contributed by atoms with E-state index in [1.165, 1.54) is 11.8 Å². The van der Waals surface area contributed by atoms with E-state index in [4.69, 9.17) is 17.3 Å². The number of hydrogen-bond acceptors (Lipinski definition) is 5. The molecule has 1 aromatic rings. The van der Waals surface area contributed by atoms with E-state index < -0.39 is 24.5 Å². The molecule has 20 heavy (non-hydrogen) atoms. The molecule has 3 amide bonds. The summed E-state index contributed by atoms with van der Waals surface area (Å²) in [5.41, 5.74) is 4.73. The van der Waals surface area contributed by atoms with Crippen molar-refractivity contribution in [3.8, 4) is 0 Å². The number of thioether (sulfide) groups is 1. The van der Waals surface area contributed by atoms with Crippen molar-refractivity contribution in [2.24, 2.45) is 5.73 Å². The molecule has 0 spiro atoms. The number of halogens is 1. The Morgan fingerprint density at radius 1 is 1.25 bits per heavy atom. The minimum absolute atomic E-state index is 0.150. The van der Waals surface area contributed by atoms with Gasteiger partial charge < -0.3 is 10.5 Å². The minimum Gasteiger partial charge on any atom is -0.456 e. The van der Waals surface area contributed by atoms with Gasteiger partial charge in [-0.3, -0.25) is 14.9 Å². The largest absolute Gasteiger partial charge is 0.456 e. The Morgan fingerprint density at radius 2 is 1.90 bits per heavy atom. The van der Waals surface area contributed by atoms with Crippen LogP contribution in [0.5, 0.6) is 0 Å². The fourth-order valence-corrected chi connectivity index (χ4v) is 2.13. The van der Waals surface area contributed by atoms with E-state index in [2.05, 4.69) is 4.74 Å². The summed E-state index contributed by atoms with van der Waals surface area (Å²) in [6.07, 6.45) is 0.150. The molecule has 6 nitrogen and oxygen atoms in total. The summed E-state index contributed by atoms with van der Waals surface area (Å²) in [4.78, 5) is 33.6. The highest BCUT2D eigenvalue weighted by Crippen LogP contribution is 2.20. The van der Waals surface area contributed by atoms with Crippen LogP contribution in [0.25, 0.3) is 0 Å². The zero-order valence-electron chi connectivity index (χ0n) is 10.4. The van der Waals surface area contributed by atoms with Crippen LogP contribution < -0.4 is 11.1 Å². The van der Waals surface area contributed by atoms with Gasteiger partial charge in [-0.15, -0.1) is 11.8 Å². The average molecular weight is 317 g/mol. The zero-order chi connectivity index (χ0) is 15.0. The highest BCUT2D eigenvalue weighted by atomic mass is 35.5. The molecular formula is C12H13ClN2O4S. The summed E-state index contributed by atoms with van der Waals surface area (Å²) in [5.74, 6) is -0.764. The highest BCUT2D eigenvalue weighted by molar-refractivity contribution is 7.99. The minimum atomic E-state index is -0.982. The van der Waals surface area contributed by atoms with E-state index in [0.717, 1.165) is 4.90 Å². The Kier molecular flexibility index (Phi) is 6.89. The Labute approximate surface area is 125 Å². The van der Waals surface area contributed by atoms with Crippen molar-refractivity contribution in [3.63, 3.8) is 0 Å². The van der Waals surface area contributed by atoms with Crippen LogP contribution in [0.15, 0.2) is 29.2 Å². The maximum atomic E-state index is 11.3. The van der Waals surface area contributed by atoms with Gasteiger partial charge in [0.05, 0.1) is 6.42 Å². The van der Waals surface area contributed by atoms with Gasteiger partial charge in [-0.25, -0.2) is 4.79 Å². The molecule has 0 aliphatic rings. The van der Waals surface area contributed by atoms with Gasteiger partial charge in [-0.05, 0) is 24.3 Å². The monoisotopic (exact) mass is 316 g/mol. The van der Waals surface area contributed by atoms with E-state index in [0.29, 0.717) is 10.8 Å². The second-order valence-electron chi connectivity index (χ2n) is 3.63. The summed E-state index contributed by atoms with van der Waals surface area (Å²) in [7, 11) is 0. The number of carbonyl (C=O) groups is 3. The summed E-state index contributed by atoms with van der Waals surface area (Å²) in [5, 5.41) is 2.44. The van der Waals surface area contributed by atoms with Gasteiger partial charge in [0, 0.05) is 15.7 Å². The van der Waals surface area contributed by atoms with Gasteiger partial charge >= 0.3 is 12.0 Å². The van der Waals surface area contributed by atoms with Gasteiger partial charge in [0.25, 0.3) is 5.91 Å². The van der Waals surface area contributed by atoms with Crippen molar-refractivity contribution in [3.05, 3.63) is 29.3 Å². The Bertz CT molecular complexity index is 493. The first-order valence-corrected chi connectivity index (χ1v) is 6.97. The molecule has 0 bridgehead atoms. The molecule has 0 atom stereocenters. The van der Waals surface area contributed by atoms with Crippen LogP contribution in [-0.2, 0) is 14.3 Å². The molecule has 8 heteroatoms. The Morgan fingerprint density at radius 3 is 2.50 bits per heavy atom. The van der Waals surface area contributed by atoms with Crippen molar-refractivity contribution in [1.29, 1.82) is 0 Å². The normalized spacial score (nSPS) is 9.85. The molecule has 0 heterocycles. The third-order valence-corrected chi connectivity index (χ3v) is 3.28. The molecule has 0 saturated carbocycles. The molecule has 108 valence electrons. The first-order valence-electron chi connectivity index (χ1n) is 5.60. The first kappa shape index (κ1) is 16.3. The predicted molar refractivity (Wildman–Crippen MR) is 75.5 cm³/mol. The fraction of sp³-hybridized carbons (Fsp3) is 0.250. The summed E-state index contributed by atoms with van der Waals surface area (Å²) >= 11 is 7.22. The van der Waals surface area contributed by atoms with E-state index in [-0.39, 0.29) is 6.42 Å². The highest BCUT2D eigenvalue weighted by Gasteiger charge is 2.09. The number of ether oxygens (including phenoxy) is 1. The Balaban J connectivity index is 2.18. The van der Waals surface area contributed by atoms with Crippen molar-refractivity contribution in [1.82, 2.24) is 5.32 Å². The van der Waals surface area contributed by atoms with Crippen molar-refractivity contribution < 1.29 is 19.1 Å². The molecule has 0 aromatic heterocycles. The summed E-state index contributed by atoms with van der Waals surface area (Å²) < 4.78 is 4.67. The molecule has 0 aliphatic carbocycles. The van der Waals surface area contributed by atoms with E-state index in [9.17, 15) is 14.4 Å². The molecule has 1 aromatic carbocycles. The lowest BCUT2D eigenvalue weighted by atomic mass is 10.4. The number of esters is 1. The quantitative estimate of drug-likeness (QED) is 0.613. The van der Waals surface area contributed by atoms with Crippen molar-refractivity contribution >= 4 is 41.3 Å². The molecule has 0 unspecified atom stereocenters. The molecule has 3 N–H and O–H groups in total. The summed E-state index contributed by atoms with van der Waals surface area (Å²) in [6.45, 7) is -0.520. The van der Waals surface area contributed by atoms with Crippen LogP contribution in [0.2, 0.25) is 5.02 Å². The number of rotatable bonds is 6. The number of carbonyl (C=O) groups excluding carboxylic acids is 3. The van der Waals surface area contributed by atoms with E-state index >= 15 is 0 Å². The maximum absolute atomic E-state index is 11.3. The lowest BCUT2D eigenvalue weighted by molar-refractivity contribution is -0.147. The topological polar surface area (TPSA) is 98.5 Å². The third kappa shape index (κ3) is 7.01. The smallest absolute Gasteiger partial charge is 0.318 e. The number of amides is 3. The third-order valence-electron chi connectivity index (χ3n) is 2.02. The molecule has 0 aliphatic heterocycles. The second kappa shape index (κ2) is 8.44. The van der Waals surface area contributed by atoms with Crippen molar-refractivity contribution in [2.45, 2.75) is 11.3 Å². The number of benzene rings is 1. The number of imide groups is 1. The molecular weight excluding hydrogens is 304 g/mol. The number of nitrogens with two attached hydrogens (primary N) is 1. The lowest BCUT2D eigenvalue weighted by Crippen LogP contribution is -2.37. The molecule has 0 saturated heterocycles. The number of urea groups is 1. The van der Waals surface area contributed by atoms with Gasteiger partial charge in [-0.2, -0.15) is 0 Å². The first-order chi connectivity index (χ1) is 9.47. The van der Waals surface area contributed by atoms with Crippen LogP contribution in [0, 0.1) is 0 Å².